The van der Waals surface area contributed by atoms with Crippen molar-refractivity contribution in [2.24, 2.45) is 5.92 Å². The molecular weight excluding hydrogens is 460 g/mol. The number of hydrogen-bond acceptors (Lipinski definition) is 6. The van der Waals surface area contributed by atoms with Crippen molar-refractivity contribution in [1.82, 2.24) is 14.5 Å². The van der Waals surface area contributed by atoms with Crippen molar-refractivity contribution < 1.29 is 9.53 Å². The number of carbonyl (C=O) groups excluding carboxylic acids is 1. The highest BCUT2D eigenvalue weighted by Gasteiger charge is 2.28. The zero-order chi connectivity index (χ0) is 23.9. The van der Waals surface area contributed by atoms with Crippen LogP contribution in [0.15, 0.2) is 23.0 Å². The first-order valence-electron chi connectivity index (χ1n) is 11.0. The van der Waals surface area contributed by atoms with Crippen LogP contribution < -0.4 is 15.6 Å². The maximum Gasteiger partial charge on any atom is 0.263 e. The van der Waals surface area contributed by atoms with Crippen molar-refractivity contribution in [1.29, 1.82) is 0 Å². The Balaban J connectivity index is 1.75. The first-order valence-corrected chi connectivity index (χ1v) is 12.2. The highest BCUT2D eigenvalue weighted by atomic mass is 35.5. The van der Waals surface area contributed by atoms with Crippen LogP contribution in [0.3, 0.4) is 0 Å². The van der Waals surface area contributed by atoms with Gasteiger partial charge < -0.3 is 15.0 Å². The number of carbonyl (C=O) groups is 1. The van der Waals surface area contributed by atoms with Gasteiger partial charge in [-0.15, -0.1) is 11.3 Å². The topological polar surface area (TPSA) is 76.5 Å². The van der Waals surface area contributed by atoms with Gasteiger partial charge in [0.25, 0.3) is 5.56 Å². The Kier molecular flexibility index (Phi) is 6.79. The van der Waals surface area contributed by atoms with Crippen LogP contribution in [0.1, 0.15) is 42.6 Å². The minimum atomic E-state index is -0.747. The number of methoxy groups -OCH3 is 1. The zero-order valence-corrected chi connectivity index (χ0v) is 21.1. The smallest absolute Gasteiger partial charge is 0.263 e. The van der Waals surface area contributed by atoms with E-state index in [1.165, 1.54) is 12.0 Å². The second kappa shape index (κ2) is 9.44. The Hall–Kier alpha value is -2.42. The maximum absolute atomic E-state index is 13.8. The lowest BCUT2D eigenvalue weighted by Gasteiger charge is -2.21. The quantitative estimate of drug-likeness (QED) is 0.552. The van der Waals surface area contributed by atoms with Gasteiger partial charge in [0, 0.05) is 10.6 Å². The molecule has 4 rings (SSSR count). The van der Waals surface area contributed by atoms with Crippen molar-refractivity contribution in [3.05, 3.63) is 49.8 Å². The van der Waals surface area contributed by atoms with Crippen LogP contribution in [0.25, 0.3) is 10.2 Å². The van der Waals surface area contributed by atoms with Crippen molar-refractivity contribution in [2.75, 3.05) is 26.5 Å². The molecule has 176 valence electrons. The van der Waals surface area contributed by atoms with E-state index in [0.29, 0.717) is 40.1 Å². The molecule has 1 aliphatic rings. The van der Waals surface area contributed by atoms with E-state index in [-0.39, 0.29) is 11.5 Å². The molecule has 9 heteroatoms. The molecule has 2 aromatic heterocycles. The van der Waals surface area contributed by atoms with Crippen LogP contribution in [0.4, 0.5) is 5.69 Å². The number of nitrogens with one attached hydrogen (secondary N) is 1. The van der Waals surface area contributed by atoms with E-state index in [0.717, 1.165) is 29.7 Å². The largest absolute Gasteiger partial charge is 0.495 e. The van der Waals surface area contributed by atoms with Gasteiger partial charge in [0.1, 0.15) is 22.4 Å². The summed E-state index contributed by atoms with van der Waals surface area (Å²) in [7, 11) is 5.38. The average Bonchev–Trinajstić information content (AvgIpc) is 3.10. The highest BCUT2D eigenvalue weighted by Crippen LogP contribution is 2.36. The predicted octanol–water partition coefficient (Wildman–Crippen LogP) is 4.51. The number of benzene rings is 1. The second-order valence-electron chi connectivity index (χ2n) is 8.99. The molecule has 0 aliphatic heterocycles. The lowest BCUT2D eigenvalue weighted by Crippen LogP contribution is -2.36. The summed E-state index contributed by atoms with van der Waals surface area (Å²) < 4.78 is 6.72. The van der Waals surface area contributed by atoms with E-state index >= 15 is 0 Å². The van der Waals surface area contributed by atoms with Crippen LogP contribution in [0.5, 0.6) is 5.75 Å². The van der Waals surface area contributed by atoms with E-state index < -0.39 is 6.04 Å². The number of aryl methyl sites for hydroxylation is 1. The van der Waals surface area contributed by atoms with Gasteiger partial charge in [-0.2, -0.15) is 0 Å². The SMILES string of the molecule is COc1ccc(NC(=O)C(C)n2c(CN(C)C)nc3sc4c(c3c2=O)CCC(C)C4)cc1Cl. The van der Waals surface area contributed by atoms with Gasteiger partial charge >= 0.3 is 0 Å². The molecule has 2 atom stereocenters. The third-order valence-electron chi connectivity index (χ3n) is 6.08. The molecule has 0 bridgehead atoms. The molecule has 1 N–H and O–H groups in total. The van der Waals surface area contributed by atoms with Gasteiger partial charge in [-0.25, -0.2) is 4.98 Å². The molecule has 1 aliphatic carbocycles. The molecule has 1 aromatic carbocycles. The predicted molar refractivity (Wildman–Crippen MR) is 134 cm³/mol. The fourth-order valence-corrected chi connectivity index (χ4v) is 6.00. The third-order valence-corrected chi connectivity index (χ3v) is 7.52. The number of fused-ring (bicyclic) bond motifs is 3. The van der Waals surface area contributed by atoms with Crippen LogP contribution in [-0.2, 0) is 24.2 Å². The number of nitrogens with zero attached hydrogens (tertiary/aromatic N) is 3. The van der Waals surface area contributed by atoms with Crippen LogP contribution in [0.2, 0.25) is 5.02 Å². The number of aromatic nitrogens is 2. The minimum absolute atomic E-state index is 0.140. The van der Waals surface area contributed by atoms with E-state index in [2.05, 4.69) is 12.2 Å². The zero-order valence-electron chi connectivity index (χ0n) is 19.6. The van der Waals surface area contributed by atoms with E-state index in [1.807, 2.05) is 19.0 Å². The molecule has 2 unspecified atom stereocenters. The summed E-state index contributed by atoms with van der Waals surface area (Å²) in [5, 5.41) is 3.95. The fraction of sp³-hybridized carbons (Fsp3) is 0.458. The number of thiophene rings is 1. The van der Waals surface area contributed by atoms with Crippen LogP contribution >= 0.6 is 22.9 Å². The molecular formula is C24H29ClN4O3S. The molecule has 0 fully saturated rings. The Morgan fingerprint density at radius 3 is 2.85 bits per heavy atom. The minimum Gasteiger partial charge on any atom is -0.495 e. The van der Waals surface area contributed by atoms with Gasteiger partial charge in [-0.05, 0) is 70.0 Å². The van der Waals surface area contributed by atoms with Crippen LogP contribution in [-0.4, -0.2) is 41.6 Å². The molecule has 1 amide bonds. The van der Waals surface area contributed by atoms with Gasteiger partial charge in [-0.3, -0.25) is 14.2 Å². The van der Waals surface area contributed by atoms with E-state index in [4.69, 9.17) is 21.3 Å². The molecule has 3 aromatic rings. The summed E-state index contributed by atoms with van der Waals surface area (Å²) in [6, 6.07) is 4.30. The Morgan fingerprint density at radius 2 is 2.18 bits per heavy atom. The molecule has 0 saturated heterocycles. The van der Waals surface area contributed by atoms with Gasteiger partial charge in [0.2, 0.25) is 5.91 Å². The summed E-state index contributed by atoms with van der Waals surface area (Å²) >= 11 is 7.83. The maximum atomic E-state index is 13.8. The highest BCUT2D eigenvalue weighted by molar-refractivity contribution is 7.18. The van der Waals surface area contributed by atoms with Crippen molar-refractivity contribution in [3.8, 4) is 5.75 Å². The standard InChI is InChI=1S/C24H29ClN4O3S/c1-13-6-8-16-19(10-13)33-23-21(16)24(31)29(20(27-23)12-28(3)4)14(2)22(30)26-15-7-9-18(32-5)17(25)11-15/h7,9,11,13-14H,6,8,10,12H2,1-5H3,(H,26,30). The summed E-state index contributed by atoms with van der Waals surface area (Å²) in [5.74, 6) is 1.41. The second-order valence-corrected chi connectivity index (χ2v) is 10.5. The molecule has 0 saturated carbocycles. The monoisotopic (exact) mass is 488 g/mol. The van der Waals surface area contributed by atoms with E-state index in [1.54, 1.807) is 41.0 Å². The van der Waals surface area contributed by atoms with Gasteiger partial charge in [-0.1, -0.05) is 18.5 Å². The van der Waals surface area contributed by atoms with Crippen molar-refractivity contribution >= 4 is 44.7 Å². The lowest BCUT2D eigenvalue weighted by atomic mass is 9.89. The summed E-state index contributed by atoms with van der Waals surface area (Å²) in [5.41, 5.74) is 1.51. The first-order chi connectivity index (χ1) is 15.7. The summed E-state index contributed by atoms with van der Waals surface area (Å²) in [6.07, 6.45) is 2.92. The number of halogens is 1. The molecule has 33 heavy (non-hydrogen) atoms. The molecule has 2 heterocycles. The number of hydrogen-bond donors (Lipinski definition) is 1. The Bertz CT molecular complexity index is 1270. The number of amides is 1. The number of ether oxygens (including phenoxy) is 1. The summed E-state index contributed by atoms with van der Waals surface area (Å²) in [6.45, 7) is 4.43. The third kappa shape index (κ3) is 4.65. The molecule has 0 radical (unpaired) electrons. The Labute approximate surface area is 202 Å². The molecule has 7 nitrogen and oxygen atoms in total. The number of anilines is 1. The van der Waals surface area contributed by atoms with Crippen LogP contribution in [0, 0.1) is 5.92 Å². The van der Waals surface area contributed by atoms with E-state index in [9.17, 15) is 9.59 Å². The Morgan fingerprint density at radius 1 is 1.42 bits per heavy atom. The summed E-state index contributed by atoms with van der Waals surface area (Å²) in [4.78, 5) is 35.8. The van der Waals surface area contributed by atoms with Gasteiger partial charge in [0.05, 0.1) is 24.1 Å². The van der Waals surface area contributed by atoms with Gasteiger partial charge in [0.15, 0.2) is 0 Å². The first kappa shape index (κ1) is 23.7. The lowest BCUT2D eigenvalue weighted by molar-refractivity contribution is -0.119. The molecule has 0 spiro atoms. The van der Waals surface area contributed by atoms with Crippen molar-refractivity contribution in [2.45, 2.75) is 45.7 Å². The number of rotatable bonds is 6. The average molecular weight is 489 g/mol. The fourth-order valence-electron chi connectivity index (χ4n) is 4.35. The van der Waals surface area contributed by atoms with Crippen molar-refractivity contribution in [3.63, 3.8) is 0 Å². The normalized spacial score (nSPS) is 16.6.